The van der Waals surface area contributed by atoms with Crippen molar-refractivity contribution in [3.05, 3.63) is 71.5 Å². The first-order chi connectivity index (χ1) is 15.2. The van der Waals surface area contributed by atoms with Crippen LogP contribution in [0.3, 0.4) is 0 Å². The maximum atomic E-state index is 13.2. The Labute approximate surface area is 188 Å². The summed E-state index contributed by atoms with van der Waals surface area (Å²) >= 11 is 0. The minimum Gasteiger partial charge on any atom is -0.335 e. The van der Waals surface area contributed by atoms with Crippen molar-refractivity contribution < 1.29 is 9.59 Å². The van der Waals surface area contributed by atoms with Crippen molar-refractivity contribution >= 4 is 17.6 Å². The van der Waals surface area contributed by atoms with Crippen LogP contribution in [-0.2, 0) is 21.4 Å². The van der Waals surface area contributed by atoms with E-state index in [-0.39, 0.29) is 29.7 Å². The number of pyridine rings is 1. The third-order valence-corrected chi connectivity index (χ3v) is 5.81. The van der Waals surface area contributed by atoms with Gasteiger partial charge in [0.05, 0.1) is 18.2 Å². The Morgan fingerprint density at radius 3 is 2.56 bits per heavy atom. The highest BCUT2D eigenvalue weighted by Gasteiger charge is 2.31. The fourth-order valence-corrected chi connectivity index (χ4v) is 4.11. The molecule has 32 heavy (non-hydrogen) atoms. The Bertz CT molecular complexity index is 1130. The summed E-state index contributed by atoms with van der Waals surface area (Å²) in [6, 6.07) is 15.2. The van der Waals surface area contributed by atoms with Crippen LogP contribution in [0.2, 0.25) is 0 Å². The largest absolute Gasteiger partial charge is 0.335 e. The lowest BCUT2D eigenvalue weighted by molar-refractivity contribution is -0.132. The fourth-order valence-electron chi connectivity index (χ4n) is 4.11. The van der Waals surface area contributed by atoms with Crippen LogP contribution in [0.25, 0.3) is 5.82 Å². The van der Waals surface area contributed by atoms with Crippen LogP contribution in [0.15, 0.2) is 54.7 Å². The zero-order chi connectivity index (χ0) is 22.9. The molecule has 0 saturated carbocycles. The number of fused-ring (bicyclic) bond motifs is 1. The quantitative estimate of drug-likeness (QED) is 0.676. The lowest BCUT2D eigenvalue weighted by Crippen LogP contribution is -2.40. The summed E-state index contributed by atoms with van der Waals surface area (Å²) in [5.74, 6) is 1.00. The average molecular weight is 432 g/mol. The van der Waals surface area contributed by atoms with Crippen LogP contribution in [0.5, 0.6) is 0 Å². The molecule has 1 aromatic carbocycles. The van der Waals surface area contributed by atoms with Gasteiger partial charge in [-0.25, -0.2) is 4.98 Å². The molecule has 7 heteroatoms. The van der Waals surface area contributed by atoms with Gasteiger partial charge in [-0.1, -0.05) is 51.1 Å². The molecule has 0 fully saturated rings. The van der Waals surface area contributed by atoms with Crippen molar-refractivity contribution in [3.8, 4) is 5.82 Å². The van der Waals surface area contributed by atoms with Gasteiger partial charge in [0, 0.05) is 31.1 Å². The maximum Gasteiger partial charge on any atom is 0.227 e. The lowest BCUT2D eigenvalue weighted by atomic mass is 9.90. The highest BCUT2D eigenvalue weighted by molar-refractivity contribution is 5.91. The number of rotatable bonds is 4. The molecule has 0 saturated heterocycles. The van der Waals surface area contributed by atoms with E-state index >= 15 is 0 Å². The summed E-state index contributed by atoms with van der Waals surface area (Å²) in [6.45, 7) is 8.41. The smallest absolute Gasteiger partial charge is 0.227 e. The molecule has 3 aromatic rings. The van der Waals surface area contributed by atoms with Crippen molar-refractivity contribution in [3.63, 3.8) is 0 Å². The first-order valence-electron chi connectivity index (χ1n) is 10.9. The molecule has 166 valence electrons. The number of benzene rings is 1. The highest BCUT2D eigenvalue weighted by atomic mass is 16.2. The molecule has 0 aliphatic carbocycles. The Balaban J connectivity index is 1.63. The molecule has 7 nitrogen and oxygen atoms in total. The molecular formula is C25H29N5O2. The van der Waals surface area contributed by atoms with Crippen molar-refractivity contribution in [2.45, 2.75) is 52.0 Å². The summed E-state index contributed by atoms with van der Waals surface area (Å²) in [5, 5.41) is 7.73. The van der Waals surface area contributed by atoms with Crippen LogP contribution in [0.1, 0.15) is 57.0 Å². The minimum atomic E-state index is -0.286. The first kappa shape index (κ1) is 21.7. The normalized spacial score (nSPS) is 15.9. The maximum absolute atomic E-state index is 13.2. The summed E-state index contributed by atoms with van der Waals surface area (Å²) in [4.78, 5) is 31.7. The van der Waals surface area contributed by atoms with Crippen molar-refractivity contribution in [1.29, 1.82) is 0 Å². The van der Waals surface area contributed by atoms with E-state index in [1.54, 1.807) is 22.7 Å². The van der Waals surface area contributed by atoms with E-state index < -0.39 is 0 Å². The van der Waals surface area contributed by atoms with Crippen molar-refractivity contribution in [2.24, 2.45) is 0 Å². The molecule has 0 spiro atoms. The van der Waals surface area contributed by atoms with Gasteiger partial charge in [0.15, 0.2) is 5.82 Å². The van der Waals surface area contributed by atoms with E-state index in [1.165, 1.54) is 5.56 Å². The predicted molar refractivity (Wildman–Crippen MR) is 124 cm³/mol. The second-order valence-corrected chi connectivity index (χ2v) is 9.19. The van der Waals surface area contributed by atoms with Crippen LogP contribution in [0, 0.1) is 0 Å². The molecule has 0 bridgehead atoms. The molecule has 3 heterocycles. The number of nitrogens with zero attached hydrogens (tertiary/aromatic N) is 4. The third kappa shape index (κ3) is 4.42. The van der Waals surface area contributed by atoms with Gasteiger partial charge in [0.25, 0.3) is 0 Å². The number of hydrogen-bond acceptors (Lipinski definition) is 4. The number of amides is 2. The van der Waals surface area contributed by atoms with Gasteiger partial charge in [-0.2, -0.15) is 9.78 Å². The minimum absolute atomic E-state index is 0.0224. The number of anilines is 1. The summed E-state index contributed by atoms with van der Waals surface area (Å²) in [7, 11) is 0. The monoisotopic (exact) mass is 431 g/mol. The van der Waals surface area contributed by atoms with E-state index in [1.807, 2.05) is 42.5 Å². The molecule has 1 N–H and O–H groups in total. The molecule has 1 unspecified atom stereocenters. The Morgan fingerprint density at radius 1 is 1.12 bits per heavy atom. The molecule has 2 aromatic heterocycles. The second-order valence-electron chi connectivity index (χ2n) is 9.19. The number of carbonyl (C=O) groups excluding carboxylic acids is 2. The van der Waals surface area contributed by atoms with E-state index in [0.717, 1.165) is 17.7 Å². The summed E-state index contributed by atoms with van der Waals surface area (Å²) in [6.07, 6.45) is 2.67. The van der Waals surface area contributed by atoms with E-state index in [0.29, 0.717) is 18.2 Å². The second kappa shape index (κ2) is 8.57. The molecule has 0 radical (unpaired) electrons. The highest BCUT2D eigenvalue weighted by Crippen LogP contribution is 2.33. The average Bonchev–Trinajstić information content (AvgIpc) is 3.18. The topological polar surface area (TPSA) is 80.1 Å². The van der Waals surface area contributed by atoms with Crippen molar-refractivity contribution in [2.75, 3.05) is 11.9 Å². The van der Waals surface area contributed by atoms with Gasteiger partial charge >= 0.3 is 0 Å². The molecule has 4 rings (SSSR count). The predicted octanol–water partition coefficient (Wildman–Crippen LogP) is 4.04. The standard InChI is InChI=1S/C25H29N5O2/c1-17(31)29-14-12-18-9-5-6-10-19(18)20(29)15-24(32)27-23-16-21(25(2,3)4)28-30(23)22-11-7-8-13-26-22/h5-11,13,16,20H,12,14-15H2,1-4H3,(H,27,32). The Kier molecular flexibility index (Phi) is 5.82. The zero-order valence-corrected chi connectivity index (χ0v) is 19.0. The molecule has 1 aliphatic heterocycles. The summed E-state index contributed by atoms with van der Waals surface area (Å²) < 4.78 is 1.66. The van der Waals surface area contributed by atoms with Gasteiger partial charge < -0.3 is 10.2 Å². The van der Waals surface area contributed by atoms with Gasteiger partial charge in [0.1, 0.15) is 5.82 Å². The first-order valence-corrected chi connectivity index (χ1v) is 10.9. The van der Waals surface area contributed by atoms with Gasteiger partial charge in [-0.3, -0.25) is 9.59 Å². The number of aromatic nitrogens is 3. The van der Waals surface area contributed by atoms with E-state index in [2.05, 4.69) is 37.1 Å². The lowest BCUT2D eigenvalue weighted by Gasteiger charge is -2.36. The van der Waals surface area contributed by atoms with Gasteiger partial charge in [-0.15, -0.1) is 0 Å². The van der Waals surface area contributed by atoms with Crippen LogP contribution >= 0.6 is 0 Å². The molecule has 1 aliphatic rings. The summed E-state index contributed by atoms with van der Waals surface area (Å²) in [5.41, 5.74) is 2.90. The van der Waals surface area contributed by atoms with Crippen molar-refractivity contribution in [1.82, 2.24) is 19.7 Å². The van der Waals surface area contributed by atoms with E-state index in [9.17, 15) is 9.59 Å². The van der Waals surface area contributed by atoms with Crippen LogP contribution < -0.4 is 5.32 Å². The third-order valence-electron chi connectivity index (χ3n) is 5.81. The van der Waals surface area contributed by atoms with E-state index in [4.69, 9.17) is 5.10 Å². The van der Waals surface area contributed by atoms with Crippen LogP contribution in [0.4, 0.5) is 5.82 Å². The SMILES string of the molecule is CC(=O)N1CCc2ccccc2C1CC(=O)Nc1cc(C(C)(C)C)nn1-c1ccccn1. The van der Waals surface area contributed by atoms with Gasteiger partial charge in [-0.05, 0) is 29.7 Å². The Morgan fingerprint density at radius 2 is 1.88 bits per heavy atom. The fraction of sp³-hybridized carbons (Fsp3) is 0.360. The molecule has 2 amide bonds. The molecule has 1 atom stereocenters. The number of carbonyl (C=O) groups is 2. The Hall–Kier alpha value is -3.48. The molecular weight excluding hydrogens is 402 g/mol. The van der Waals surface area contributed by atoms with Crippen LogP contribution in [-0.4, -0.2) is 38.0 Å². The number of nitrogens with one attached hydrogen (secondary N) is 1. The van der Waals surface area contributed by atoms with Gasteiger partial charge in [0.2, 0.25) is 11.8 Å². The number of hydrogen-bond donors (Lipinski definition) is 1. The zero-order valence-electron chi connectivity index (χ0n) is 19.0.